The molecule has 0 saturated heterocycles. The Labute approximate surface area is 270 Å². The molecular formula is C36H54N4O5. The lowest BCUT2D eigenvalue weighted by molar-refractivity contribution is -0.136. The summed E-state index contributed by atoms with van der Waals surface area (Å²) in [5, 5.41) is 30.7. The number of amides is 3. The molecule has 3 amide bonds. The van der Waals surface area contributed by atoms with E-state index >= 15 is 0 Å². The quantitative estimate of drug-likeness (QED) is 0.151. The van der Waals surface area contributed by atoms with E-state index in [1.54, 1.807) is 11.9 Å². The van der Waals surface area contributed by atoms with Crippen LogP contribution in [-0.4, -0.2) is 83.3 Å². The molecule has 1 aliphatic rings. The first kappa shape index (κ1) is 37.8. The number of likely N-dealkylation sites (N-methyl/N-ethyl adjacent to an activating group) is 1. The lowest BCUT2D eigenvalue weighted by Gasteiger charge is -2.33. The molecule has 0 aromatic heterocycles. The van der Waals surface area contributed by atoms with E-state index in [4.69, 9.17) is 12.8 Å². The molecule has 0 radical (unpaired) electrons. The average Bonchev–Trinajstić information content (AvgIpc) is 3.02. The van der Waals surface area contributed by atoms with Gasteiger partial charge in [-0.25, -0.2) is 0 Å². The summed E-state index contributed by atoms with van der Waals surface area (Å²) in [6.45, 7) is 5.19. The van der Waals surface area contributed by atoms with E-state index < -0.39 is 42.0 Å². The summed E-state index contributed by atoms with van der Waals surface area (Å²) < 4.78 is 0. The van der Waals surface area contributed by atoms with Gasteiger partial charge in [0, 0.05) is 45.4 Å². The van der Waals surface area contributed by atoms with Gasteiger partial charge in [-0.1, -0.05) is 76.3 Å². The predicted octanol–water partition coefficient (Wildman–Crippen LogP) is 2.79. The molecule has 1 fully saturated rings. The molecule has 9 heteroatoms. The van der Waals surface area contributed by atoms with Crippen LogP contribution < -0.4 is 16.0 Å². The predicted molar refractivity (Wildman–Crippen MR) is 178 cm³/mol. The highest BCUT2D eigenvalue weighted by molar-refractivity contribution is 5.91. The maximum Gasteiger partial charge on any atom is 0.243 e. The fraction of sp³-hybridized carbons (Fsp3) is 0.639. The summed E-state index contributed by atoms with van der Waals surface area (Å²) in [6, 6.07) is 7.91. The fourth-order valence-corrected chi connectivity index (χ4v) is 5.80. The third kappa shape index (κ3) is 14.1. The number of nitrogens with zero attached hydrogens (tertiary/aromatic N) is 1. The SMILES string of the molecule is C#CCCC(O)[C@H](O)C(CC1CCCCC1)NC(=O)[C@H](CC#C)NC(=O)C(CC(=O)N(C)CCNC(C)C)Cc1ccccc1. The lowest BCUT2D eigenvalue weighted by atomic mass is 9.82. The van der Waals surface area contributed by atoms with Gasteiger partial charge in [0.05, 0.1) is 18.1 Å². The van der Waals surface area contributed by atoms with Crippen LogP contribution in [0.15, 0.2) is 30.3 Å². The van der Waals surface area contributed by atoms with E-state index in [1.807, 2.05) is 44.2 Å². The number of aliphatic hydroxyl groups is 2. The van der Waals surface area contributed by atoms with Gasteiger partial charge in [0.25, 0.3) is 0 Å². The molecule has 5 atom stereocenters. The Kier molecular flexibility index (Phi) is 17.3. The Morgan fingerprint density at radius 3 is 2.31 bits per heavy atom. The molecule has 248 valence electrons. The first-order valence-corrected chi connectivity index (χ1v) is 16.4. The van der Waals surface area contributed by atoms with E-state index in [0.717, 1.165) is 37.7 Å². The number of benzene rings is 1. The van der Waals surface area contributed by atoms with Gasteiger partial charge < -0.3 is 31.1 Å². The van der Waals surface area contributed by atoms with Crippen molar-refractivity contribution >= 4 is 17.7 Å². The summed E-state index contributed by atoms with van der Waals surface area (Å²) in [4.78, 5) is 42.1. The molecule has 5 N–H and O–H groups in total. The van der Waals surface area contributed by atoms with Crippen LogP contribution in [0.25, 0.3) is 0 Å². The topological polar surface area (TPSA) is 131 Å². The molecule has 2 rings (SSSR count). The minimum Gasteiger partial charge on any atom is -0.390 e. The first-order chi connectivity index (χ1) is 21.5. The number of nitrogens with one attached hydrogen (secondary N) is 3. The Morgan fingerprint density at radius 2 is 1.69 bits per heavy atom. The molecule has 0 spiro atoms. The third-order valence-electron chi connectivity index (χ3n) is 8.53. The second-order valence-electron chi connectivity index (χ2n) is 12.6. The van der Waals surface area contributed by atoms with Gasteiger partial charge >= 0.3 is 0 Å². The Balaban J connectivity index is 2.19. The fourth-order valence-electron chi connectivity index (χ4n) is 5.80. The molecule has 0 heterocycles. The van der Waals surface area contributed by atoms with E-state index in [9.17, 15) is 24.6 Å². The number of hydrogen-bond acceptors (Lipinski definition) is 6. The van der Waals surface area contributed by atoms with Crippen molar-refractivity contribution in [2.45, 2.75) is 115 Å². The smallest absolute Gasteiger partial charge is 0.243 e. The van der Waals surface area contributed by atoms with E-state index in [1.165, 1.54) is 0 Å². The Hall–Kier alpha value is -3.37. The summed E-state index contributed by atoms with van der Waals surface area (Å²) >= 11 is 0. The van der Waals surface area contributed by atoms with Gasteiger partial charge in [-0.15, -0.1) is 24.7 Å². The van der Waals surface area contributed by atoms with Crippen LogP contribution in [0.3, 0.4) is 0 Å². The molecule has 45 heavy (non-hydrogen) atoms. The monoisotopic (exact) mass is 622 g/mol. The maximum atomic E-state index is 13.7. The molecule has 1 aromatic rings. The van der Waals surface area contributed by atoms with E-state index in [0.29, 0.717) is 44.3 Å². The van der Waals surface area contributed by atoms with Crippen LogP contribution in [0, 0.1) is 36.5 Å². The van der Waals surface area contributed by atoms with Crippen LogP contribution in [0.4, 0.5) is 0 Å². The van der Waals surface area contributed by atoms with Crippen LogP contribution in [0.5, 0.6) is 0 Å². The van der Waals surface area contributed by atoms with Crippen molar-refractivity contribution in [2.24, 2.45) is 11.8 Å². The second-order valence-corrected chi connectivity index (χ2v) is 12.6. The molecule has 0 aliphatic heterocycles. The van der Waals surface area contributed by atoms with Crippen molar-refractivity contribution in [1.82, 2.24) is 20.9 Å². The van der Waals surface area contributed by atoms with Crippen LogP contribution >= 0.6 is 0 Å². The van der Waals surface area contributed by atoms with E-state index in [-0.39, 0.29) is 25.2 Å². The molecular weight excluding hydrogens is 568 g/mol. The van der Waals surface area contributed by atoms with Crippen molar-refractivity contribution in [3.05, 3.63) is 35.9 Å². The van der Waals surface area contributed by atoms with Crippen LogP contribution in [-0.2, 0) is 20.8 Å². The zero-order chi connectivity index (χ0) is 33.2. The molecule has 1 aromatic carbocycles. The average molecular weight is 623 g/mol. The highest BCUT2D eigenvalue weighted by atomic mass is 16.3. The number of rotatable bonds is 19. The lowest BCUT2D eigenvalue weighted by Crippen LogP contribution is -2.56. The Bertz CT molecular complexity index is 1120. The second kappa shape index (κ2) is 20.6. The van der Waals surface area contributed by atoms with Gasteiger partial charge in [0.1, 0.15) is 12.1 Å². The number of hydrogen-bond donors (Lipinski definition) is 5. The third-order valence-corrected chi connectivity index (χ3v) is 8.53. The molecule has 9 nitrogen and oxygen atoms in total. The number of carbonyl (C=O) groups is 3. The highest BCUT2D eigenvalue weighted by Gasteiger charge is 2.34. The summed E-state index contributed by atoms with van der Waals surface area (Å²) in [5.74, 6) is 3.36. The zero-order valence-electron chi connectivity index (χ0n) is 27.3. The van der Waals surface area contributed by atoms with Crippen molar-refractivity contribution in [1.29, 1.82) is 0 Å². The molecule has 3 unspecified atom stereocenters. The minimum absolute atomic E-state index is 0.0340. The van der Waals surface area contributed by atoms with Gasteiger partial charge in [-0.2, -0.15) is 0 Å². The van der Waals surface area contributed by atoms with Crippen molar-refractivity contribution in [2.75, 3.05) is 20.1 Å². The van der Waals surface area contributed by atoms with Crippen LogP contribution in [0.1, 0.15) is 83.6 Å². The first-order valence-electron chi connectivity index (χ1n) is 16.4. The molecule has 1 aliphatic carbocycles. The highest BCUT2D eigenvalue weighted by Crippen LogP contribution is 2.29. The zero-order valence-corrected chi connectivity index (χ0v) is 27.3. The number of terminal acetylenes is 2. The minimum atomic E-state index is -1.23. The standard InChI is InChI=1S/C36H54N4O5/c1-6-8-20-32(41)34(43)31(24-28-18-13-10-14-19-28)39-36(45)30(15-7-2)38-35(44)29(23-27-16-11-9-12-17-27)25-33(42)40(5)22-21-37-26(3)4/h1-2,9,11-12,16-17,26,28-32,34,37,41,43H,8,10,13-15,18-25H2,3-5H3,(H,38,44)(H,39,45)/t29?,30-,31?,32?,34+/m0/s1. The maximum absolute atomic E-state index is 13.7. The van der Waals surface area contributed by atoms with E-state index in [2.05, 4.69) is 27.8 Å². The van der Waals surface area contributed by atoms with Crippen LogP contribution in [0.2, 0.25) is 0 Å². The largest absolute Gasteiger partial charge is 0.390 e. The summed E-state index contributed by atoms with van der Waals surface area (Å²) in [6.07, 6.45) is 15.1. The molecule has 1 saturated carbocycles. The van der Waals surface area contributed by atoms with Gasteiger partial charge in [-0.05, 0) is 30.7 Å². The number of carbonyl (C=O) groups excluding carboxylic acids is 3. The normalized spacial score (nSPS) is 16.8. The van der Waals surface area contributed by atoms with Crippen molar-refractivity contribution < 1.29 is 24.6 Å². The van der Waals surface area contributed by atoms with Gasteiger partial charge in [0.15, 0.2) is 0 Å². The summed E-state index contributed by atoms with van der Waals surface area (Å²) in [7, 11) is 1.71. The number of aliphatic hydroxyl groups excluding tert-OH is 2. The van der Waals surface area contributed by atoms with Gasteiger partial charge in [0.2, 0.25) is 17.7 Å². The Morgan fingerprint density at radius 1 is 1.00 bits per heavy atom. The summed E-state index contributed by atoms with van der Waals surface area (Å²) in [5.41, 5.74) is 0.893. The van der Waals surface area contributed by atoms with Crippen molar-refractivity contribution in [3.63, 3.8) is 0 Å². The van der Waals surface area contributed by atoms with Gasteiger partial charge in [-0.3, -0.25) is 14.4 Å². The van der Waals surface area contributed by atoms with Crippen molar-refractivity contribution in [3.8, 4) is 24.7 Å². The molecule has 0 bridgehead atoms.